The van der Waals surface area contributed by atoms with Crippen LogP contribution in [0.3, 0.4) is 0 Å². The molecule has 0 aliphatic heterocycles. The van der Waals surface area contributed by atoms with Gasteiger partial charge in [0.25, 0.3) is 0 Å². The molecule has 4 aliphatic carbocycles. The molecule has 4 fully saturated rings. The monoisotopic (exact) mass is 219 g/mol. The summed E-state index contributed by atoms with van der Waals surface area (Å²) in [6, 6.07) is 0.966. The van der Waals surface area contributed by atoms with E-state index in [4.69, 9.17) is 0 Å². The van der Waals surface area contributed by atoms with Gasteiger partial charge < -0.3 is 5.32 Å². The highest BCUT2D eigenvalue weighted by Gasteiger charge is 2.64. The van der Waals surface area contributed by atoms with Gasteiger partial charge in [-0.1, -0.05) is 19.3 Å². The topological polar surface area (TPSA) is 12.0 Å². The fourth-order valence-corrected chi connectivity index (χ4v) is 5.29. The third-order valence-electron chi connectivity index (χ3n) is 6.10. The molecule has 4 aliphatic rings. The molecule has 0 aromatic carbocycles. The fraction of sp³-hybridized carbons (Fsp3) is 1.00. The average Bonchev–Trinajstić information content (AvgIpc) is 2.72. The van der Waals surface area contributed by atoms with Crippen molar-refractivity contribution in [1.29, 1.82) is 0 Å². The van der Waals surface area contributed by atoms with Crippen LogP contribution in [-0.4, -0.2) is 12.6 Å². The molecule has 1 N–H and O–H groups in total. The zero-order chi connectivity index (χ0) is 10.5. The molecule has 0 radical (unpaired) electrons. The van der Waals surface area contributed by atoms with Gasteiger partial charge in [0.2, 0.25) is 0 Å². The van der Waals surface area contributed by atoms with Gasteiger partial charge in [0.05, 0.1) is 0 Å². The number of fused-ring (bicyclic) bond motifs is 5. The minimum atomic E-state index is 0.966. The summed E-state index contributed by atoms with van der Waals surface area (Å²) in [4.78, 5) is 0. The first-order valence-electron chi connectivity index (χ1n) is 7.67. The summed E-state index contributed by atoms with van der Waals surface area (Å²) in [7, 11) is 0. The van der Waals surface area contributed by atoms with Crippen LogP contribution in [0.15, 0.2) is 0 Å². The van der Waals surface area contributed by atoms with Gasteiger partial charge >= 0.3 is 0 Å². The van der Waals surface area contributed by atoms with E-state index in [1.54, 1.807) is 19.3 Å². The highest BCUT2D eigenvalue weighted by atomic mass is 15.0. The molecule has 2 bridgehead atoms. The van der Waals surface area contributed by atoms with E-state index in [0.717, 1.165) is 35.6 Å². The minimum Gasteiger partial charge on any atom is -0.313 e. The van der Waals surface area contributed by atoms with E-state index in [0.29, 0.717) is 0 Å². The van der Waals surface area contributed by atoms with Crippen molar-refractivity contribution in [1.82, 2.24) is 5.32 Å². The molecule has 0 heterocycles. The Morgan fingerprint density at radius 1 is 0.812 bits per heavy atom. The Morgan fingerprint density at radius 2 is 1.50 bits per heavy atom. The summed E-state index contributed by atoms with van der Waals surface area (Å²) in [6.07, 6.45) is 12.2. The molecule has 0 aromatic rings. The second-order valence-corrected chi connectivity index (χ2v) is 6.93. The lowest BCUT2D eigenvalue weighted by Gasteiger charge is -2.22. The average molecular weight is 219 g/mol. The smallest absolute Gasteiger partial charge is 0.0136 e. The molecule has 1 nitrogen and oxygen atoms in total. The fourth-order valence-electron chi connectivity index (χ4n) is 5.29. The van der Waals surface area contributed by atoms with Crippen LogP contribution in [0.2, 0.25) is 0 Å². The van der Waals surface area contributed by atoms with Gasteiger partial charge in [0.1, 0.15) is 0 Å². The van der Waals surface area contributed by atoms with Gasteiger partial charge in [-0.3, -0.25) is 0 Å². The maximum Gasteiger partial charge on any atom is 0.0136 e. The molecule has 4 saturated carbocycles. The summed E-state index contributed by atoms with van der Waals surface area (Å²) < 4.78 is 0. The molecule has 90 valence electrons. The molecule has 0 aromatic heterocycles. The molecule has 4 atom stereocenters. The van der Waals surface area contributed by atoms with Crippen molar-refractivity contribution >= 4 is 0 Å². The molecule has 0 saturated heterocycles. The first-order chi connectivity index (χ1) is 7.93. The van der Waals surface area contributed by atoms with Crippen molar-refractivity contribution in [3.8, 4) is 0 Å². The third-order valence-corrected chi connectivity index (χ3v) is 6.10. The Kier molecular flexibility index (Phi) is 2.32. The largest absolute Gasteiger partial charge is 0.313 e. The summed E-state index contributed by atoms with van der Waals surface area (Å²) in [6.45, 7) is 1.34. The second kappa shape index (κ2) is 3.73. The predicted octanol–water partition coefficient (Wildman–Crippen LogP) is 3.20. The van der Waals surface area contributed by atoms with Gasteiger partial charge in [0, 0.05) is 6.04 Å². The van der Waals surface area contributed by atoms with Crippen molar-refractivity contribution in [3.63, 3.8) is 0 Å². The van der Waals surface area contributed by atoms with E-state index in [2.05, 4.69) is 5.32 Å². The van der Waals surface area contributed by atoms with Gasteiger partial charge in [0.15, 0.2) is 0 Å². The molecule has 0 spiro atoms. The van der Waals surface area contributed by atoms with E-state index < -0.39 is 0 Å². The lowest BCUT2D eigenvalue weighted by Crippen LogP contribution is -2.29. The predicted molar refractivity (Wildman–Crippen MR) is 66.2 cm³/mol. The Balaban J connectivity index is 1.28. The van der Waals surface area contributed by atoms with E-state index >= 15 is 0 Å². The van der Waals surface area contributed by atoms with Crippen LogP contribution in [0, 0.1) is 29.6 Å². The zero-order valence-corrected chi connectivity index (χ0v) is 10.3. The van der Waals surface area contributed by atoms with Gasteiger partial charge in [-0.2, -0.15) is 0 Å². The second-order valence-electron chi connectivity index (χ2n) is 6.93. The normalized spacial score (nSPS) is 50.6. The number of hydrogen-bond donors (Lipinski definition) is 1. The Labute approximate surface area is 99.4 Å². The third kappa shape index (κ3) is 1.47. The van der Waals surface area contributed by atoms with Crippen molar-refractivity contribution in [2.75, 3.05) is 6.54 Å². The number of nitrogens with one attached hydrogen (secondary N) is 1. The van der Waals surface area contributed by atoms with Gasteiger partial charge in [-0.05, 0) is 68.2 Å². The summed E-state index contributed by atoms with van der Waals surface area (Å²) in [5.41, 5.74) is 0. The maximum atomic E-state index is 3.93. The number of rotatable bonds is 3. The van der Waals surface area contributed by atoms with Crippen molar-refractivity contribution in [2.45, 2.75) is 57.4 Å². The van der Waals surface area contributed by atoms with Crippen LogP contribution in [-0.2, 0) is 0 Å². The van der Waals surface area contributed by atoms with E-state index in [1.807, 2.05) is 0 Å². The standard InChI is InChI=1S/C15H25N/c1-2-4-10(5-3-1)9-16-15-13-11-6-7-12(8-11)14(13)15/h10-16H,1-9H2. The SMILES string of the molecule is C1CCC(CNC2C3C4CCC(C4)C23)CC1. The number of hydrogen-bond acceptors (Lipinski definition) is 1. The molecular formula is C15H25N. The maximum absolute atomic E-state index is 3.93. The lowest BCUT2D eigenvalue weighted by atomic mass is 9.89. The van der Waals surface area contributed by atoms with Crippen LogP contribution in [0.1, 0.15) is 51.4 Å². The van der Waals surface area contributed by atoms with Gasteiger partial charge in [-0.15, -0.1) is 0 Å². The van der Waals surface area contributed by atoms with Crippen LogP contribution in [0.25, 0.3) is 0 Å². The van der Waals surface area contributed by atoms with E-state index in [1.165, 1.54) is 38.6 Å². The van der Waals surface area contributed by atoms with Crippen LogP contribution >= 0.6 is 0 Å². The first kappa shape index (κ1) is 9.94. The van der Waals surface area contributed by atoms with E-state index in [-0.39, 0.29) is 0 Å². The molecule has 4 rings (SSSR count). The quantitative estimate of drug-likeness (QED) is 0.768. The summed E-state index contributed by atoms with van der Waals surface area (Å²) >= 11 is 0. The van der Waals surface area contributed by atoms with Crippen molar-refractivity contribution in [2.24, 2.45) is 29.6 Å². The molecule has 16 heavy (non-hydrogen) atoms. The Hall–Kier alpha value is -0.0400. The summed E-state index contributed by atoms with van der Waals surface area (Å²) in [5.74, 6) is 5.55. The summed E-state index contributed by atoms with van der Waals surface area (Å²) in [5, 5.41) is 3.93. The molecule has 4 unspecified atom stereocenters. The van der Waals surface area contributed by atoms with E-state index in [9.17, 15) is 0 Å². The highest BCUT2D eigenvalue weighted by molar-refractivity contribution is 5.16. The van der Waals surface area contributed by atoms with Crippen LogP contribution in [0.4, 0.5) is 0 Å². The van der Waals surface area contributed by atoms with Crippen molar-refractivity contribution in [3.05, 3.63) is 0 Å². The lowest BCUT2D eigenvalue weighted by molar-refractivity contribution is 0.330. The Bertz CT molecular complexity index is 253. The molecule has 0 amide bonds. The Morgan fingerprint density at radius 3 is 2.19 bits per heavy atom. The molecule has 1 heteroatoms. The zero-order valence-electron chi connectivity index (χ0n) is 10.3. The van der Waals surface area contributed by atoms with Gasteiger partial charge in [-0.25, -0.2) is 0 Å². The van der Waals surface area contributed by atoms with Crippen LogP contribution in [0.5, 0.6) is 0 Å². The minimum absolute atomic E-state index is 0.966. The highest BCUT2D eigenvalue weighted by Crippen LogP contribution is 2.65. The first-order valence-corrected chi connectivity index (χ1v) is 7.67. The van der Waals surface area contributed by atoms with Crippen molar-refractivity contribution < 1.29 is 0 Å². The van der Waals surface area contributed by atoms with Crippen LogP contribution < -0.4 is 5.32 Å². The molecular weight excluding hydrogens is 194 g/mol.